The highest BCUT2D eigenvalue weighted by atomic mass is 19.1. The Balaban J connectivity index is 2.12. The van der Waals surface area contributed by atoms with Gasteiger partial charge in [-0.2, -0.15) is 0 Å². The summed E-state index contributed by atoms with van der Waals surface area (Å²) in [5.74, 6) is -0.715. The van der Waals surface area contributed by atoms with E-state index in [4.69, 9.17) is 0 Å². The van der Waals surface area contributed by atoms with E-state index in [1.807, 2.05) is 19.1 Å². The SMILES string of the molecule is C[C@@H](NC(=O)c1ccc(N(C)C)c(F)c1)c1ccncc1. The molecule has 1 aromatic carbocycles. The summed E-state index contributed by atoms with van der Waals surface area (Å²) < 4.78 is 13.9. The summed E-state index contributed by atoms with van der Waals surface area (Å²) >= 11 is 0. The number of rotatable bonds is 4. The van der Waals surface area contributed by atoms with Gasteiger partial charge in [0.15, 0.2) is 0 Å². The third kappa shape index (κ3) is 3.56. The summed E-state index contributed by atoms with van der Waals surface area (Å²) in [6.07, 6.45) is 3.34. The highest BCUT2D eigenvalue weighted by Gasteiger charge is 2.14. The number of halogens is 1. The molecule has 0 radical (unpaired) electrons. The smallest absolute Gasteiger partial charge is 0.251 e. The first kappa shape index (κ1) is 15.0. The first-order valence-corrected chi connectivity index (χ1v) is 6.66. The average molecular weight is 287 g/mol. The summed E-state index contributed by atoms with van der Waals surface area (Å²) in [6, 6.07) is 7.97. The molecule has 5 heteroatoms. The van der Waals surface area contributed by atoms with Crippen LogP contribution in [0.2, 0.25) is 0 Å². The highest BCUT2D eigenvalue weighted by molar-refractivity contribution is 5.94. The lowest BCUT2D eigenvalue weighted by Gasteiger charge is -2.16. The zero-order chi connectivity index (χ0) is 15.4. The first-order chi connectivity index (χ1) is 9.99. The number of hydrogen-bond acceptors (Lipinski definition) is 3. The van der Waals surface area contributed by atoms with Gasteiger partial charge in [-0.25, -0.2) is 4.39 Å². The van der Waals surface area contributed by atoms with Crippen LogP contribution in [-0.2, 0) is 0 Å². The van der Waals surface area contributed by atoms with Crippen LogP contribution in [0.1, 0.15) is 28.9 Å². The van der Waals surface area contributed by atoms with Crippen LogP contribution in [0.3, 0.4) is 0 Å². The second-order valence-electron chi connectivity index (χ2n) is 5.04. The average Bonchev–Trinajstić information content (AvgIpc) is 2.47. The molecule has 21 heavy (non-hydrogen) atoms. The predicted molar refractivity (Wildman–Crippen MR) is 80.8 cm³/mol. The Labute approximate surface area is 123 Å². The van der Waals surface area contributed by atoms with Crippen LogP contribution < -0.4 is 10.2 Å². The quantitative estimate of drug-likeness (QED) is 0.940. The molecule has 0 aliphatic carbocycles. The van der Waals surface area contributed by atoms with E-state index in [0.29, 0.717) is 11.3 Å². The van der Waals surface area contributed by atoms with Crippen molar-refractivity contribution in [1.29, 1.82) is 0 Å². The number of carbonyl (C=O) groups is 1. The molecule has 4 nitrogen and oxygen atoms in total. The summed E-state index contributed by atoms with van der Waals surface area (Å²) in [5, 5.41) is 2.84. The molecule has 1 N–H and O–H groups in total. The molecule has 1 heterocycles. The molecule has 0 bridgehead atoms. The Morgan fingerprint density at radius 2 is 1.90 bits per heavy atom. The Hall–Kier alpha value is -2.43. The van der Waals surface area contributed by atoms with Gasteiger partial charge < -0.3 is 10.2 Å². The van der Waals surface area contributed by atoms with E-state index in [2.05, 4.69) is 10.3 Å². The van der Waals surface area contributed by atoms with Crippen molar-refractivity contribution in [3.05, 3.63) is 59.7 Å². The second-order valence-corrected chi connectivity index (χ2v) is 5.04. The topological polar surface area (TPSA) is 45.2 Å². The summed E-state index contributed by atoms with van der Waals surface area (Å²) in [6.45, 7) is 1.87. The Morgan fingerprint density at radius 1 is 1.24 bits per heavy atom. The van der Waals surface area contributed by atoms with Gasteiger partial charge in [0, 0.05) is 32.1 Å². The number of amides is 1. The highest BCUT2D eigenvalue weighted by Crippen LogP contribution is 2.19. The van der Waals surface area contributed by atoms with Crippen LogP contribution in [0.4, 0.5) is 10.1 Å². The zero-order valence-corrected chi connectivity index (χ0v) is 12.3. The molecule has 2 aromatic rings. The lowest BCUT2D eigenvalue weighted by Crippen LogP contribution is -2.26. The monoisotopic (exact) mass is 287 g/mol. The minimum absolute atomic E-state index is 0.169. The summed E-state index contributed by atoms with van der Waals surface area (Å²) in [7, 11) is 3.51. The van der Waals surface area contributed by atoms with Crippen molar-refractivity contribution >= 4 is 11.6 Å². The van der Waals surface area contributed by atoms with Crippen molar-refractivity contribution in [2.75, 3.05) is 19.0 Å². The van der Waals surface area contributed by atoms with Crippen molar-refractivity contribution < 1.29 is 9.18 Å². The van der Waals surface area contributed by atoms with Crippen molar-refractivity contribution in [3.63, 3.8) is 0 Å². The lowest BCUT2D eigenvalue weighted by molar-refractivity contribution is 0.0939. The number of pyridine rings is 1. The number of nitrogens with one attached hydrogen (secondary N) is 1. The predicted octanol–water partition coefficient (Wildman–Crippen LogP) is 2.78. The van der Waals surface area contributed by atoms with E-state index >= 15 is 0 Å². The van der Waals surface area contributed by atoms with Gasteiger partial charge in [-0.3, -0.25) is 9.78 Å². The fourth-order valence-electron chi connectivity index (χ4n) is 2.03. The summed E-state index contributed by atoms with van der Waals surface area (Å²) in [5.41, 5.74) is 1.71. The number of benzene rings is 1. The van der Waals surface area contributed by atoms with Crippen LogP contribution in [0.15, 0.2) is 42.7 Å². The zero-order valence-electron chi connectivity index (χ0n) is 12.3. The fourth-order valence-corrected chi connectivity index (χ4v) is 2.03. The van der Waals surface area contributed by atoms with Crippen LogP contribution in [0, 0.1) is 5.82 Å². The van der Waals surface area contributed by atoms with Gasteiger partial charge in [-0.15, -0.1) is 0 Å². The molecule has 0 saturated heterocycles. The van der Waals surface area contributed by atoms with Gasteiger partial charge in [-0.1, -0.05) is 0 Å². The van der Waals surface area contributed by atoms with E-state index in [-0.39, 0.29) is 11.9 Å². The Kier molecular flexibility index (Phi) is 4.52. The van der Waals surface area contributed by atoms with Crippen molar-refractivity contribution in [1.82, 2.24) is 10.3 Å². The molecule has 0 unspecified atom stereocenters. The molecule has 2 rings (SSSR count). The largest absolute Gasteiger partial charge is 0.375 e. The van der Waals surface area contributed by atoms with Crippen molar-refractivity contribution in [2.45, 2.75) is 13.0 Å². The molecule has 1 atom stereocenters. The van der Waals surface area contributed by atoms with E-state index in [1.54, 1.807) is 43.5 Å². The third-order valence-corrected chi connectivity index (χ3v) is 3.25. The Morgan fingerprint density at radius 3 is 2.48 bits per heavy atom. The van der Waals surface area contributed by atoms with E-state index in [0.717, 1.165) is 5.56 Å². The minimum atomic E-state index is -0.413. The molecule has 0 aliphatic rings. The number of nitrogens with zero attached hydrogens (tertiary/aromatic N) is 2. The maximum absolute atomic E-state index is 13.9. The van der Waals surface area contributed by atoms with Gasteiger partial charge in [-0.05, 0) is 42.8 Å². The molecule has 0 fully saturated rings. The molecule has 110 valence electrons. The standard InChI is InChI=1S/C16H18FN3O/c1-11(12-6-8-18-9-7-12)19-16(21)13-4-5-15(20(2)3)14(17)10-13/h4-11H,1-3H3,(H,19,21)/t11-/m1/s1. The number of aromatic nitrogens is 1. The first-order valence-electron chi connectivity index (χ1n) is 6.66. The summed E-state index contributed by atoms with van der Waals surface area (Å²) in [4.78, 5) is 17.8. The van der Waals surface area contributed by atoms with E-state index in [1.165, 1.54) is 6.07 Å². The van der Waals surface area contributed by atoms with Crippen molar-refractivity contribution in [3.8, 4) is 0 Å². The van der Waals surface area contributed by atoms with Crippen LogP contribution in [-0.4, -0.2) is 25.0 Å². The maximum atomic E-state index is 13.9. The number of hydrogen-bond donors (Lipinski definition) is 1. The van der Waals surface area contributed by atoms with Crippen LogP contribution in [0.25, 0.3) is 0 Å². The van der Waals surface area contributed by atoms with Gasteiger partial charge in [0.05, 0.1) is 11.7 Å². The molecule has 0 saturated carbocycles. The van der Waals surface area contributed by atoms with Crippen molar-refractivity contribution in [2.24, 2.45) is 0 Å². The van der Waals surface area contributed by atoms with Gasteiger partial charge >= 0.3 is 0 Å². The molecule has 0 aliphatic heterocycles. The van der Waals surface area contributed by atoms with Gasteiger partial charge in [0.1, 0.15) is 5.82 Å². The molecule has 1 aromatic heterocycles. The number of anilines is 1. The van der Waals surface area contributed by atoms with Gasteiger partial charge in [0.25, 0.3) is 5.91 Å². The fraction of sp³-hybridized carbons (Fsp3) is 0.250. The Bertz CT molecular complexity index is 629. The number of carbonyl (C=O) groups excluding carboxylic acids is 1. The molecular weight excluding hydrogens is 269 g/mol. The third-order valence-electron chi connectivity index (χ3n) is 3.25. The van der Waals surface area contributed by atoms with Gasteiger partial charge in [0.2, 0.25) is 0 Å². The molecule has 1 amide bonds. The maximum Gasteiger partial charge on any atom is 0.251 e. The lowest BCUT2D eigenvalue weighted by atomic mass is 10.1. The second kappa shape index (κ2) is 6.35. The minimum Gasteiger partial charge on any atom is -0.375 e. The van der Waals surface area contributed by atoms with E-state index < -0.39 is 5.82 Å². The van der Waals surface area contributed by atoms with Crippen LogP contribution >= 0.6 is 0 Å². The van der Waals surface area contributed by atoms with Crippen LogP contribution in [0.5, 0.6) is 0 Å². The normalized spacial score (nSPS) is 11.8. The molecular formula is C16H18FN3O. The molecule has 0 spiro atoms. The van der Waals surface area contributed by atoms with E-state index in [9.17, 15) is 9.18 Å².